The predicted molar refractivity (Wildman–Crippen MR) is 32.3 cm³/mol. The normalized spacial score (nSPS) is 21.0. The SMILES string of the molecule is C[C](C(F)F)C1CCC1. The van der Waals surface area contributed by atoms with Crippen molar-refractivity contribution >= 4 is 0 Å². The first-order valence-corrected chi connectivity index (χ1v) is 3.33. The summed E-state index contributed by atoms with van der Waals surface area (Å²) in [5.74, 6) is 0.631. The van der Waals surface area contributed by atoms with Crippen LogP contribution in [0.5, 0.6) is 0 Å². The van der Waals surface area contributed by atoms with Crippen molar-refractivity contribution in [3.8, 4) is 0 Å². The van der Waals surface area contributed by atoms with Crippen molar-refractivity contribution in [1.29, 1.82) is 0 Å². The summed E-state index contributed by atoms with van der Waals surface area (Å²) in [5, 5.41) is 0. The highest BCUT2D eigenvalue weighted by atomic mass is 19.3. The summed E-state index contributed by atoms with van der Waals surface area (Å²) >= 11 is 0. The van der Waals surface area contributed by atoms with Crippen molar-refractivity contribution in [3.63, 3.8) is 0 Å². The summed E-state index contributed by atoms with van der Waals surface area (Å²) in [6.07, 6.45) is 0.913. The summed E-state index contributed by atoms with van der Waals surface area (Å²) in [4.78, 5) is 0. The Labute approximate surface area is 54.3 Å². The molecule has 1 rings (SSSR count). The van der Waals surface area contributed by atoms with E-state index in [1.54, 1.807) is 6.92 Å². The van der Waals surface area contributed by atoms with E-state index in [1.165, 1.54) is 0 Å². The fourth-order valence-electron chi connectivity index (χ4n) is 1.04. The molecule has 0 spiro atoms. The van der Waals surface area contributed by atoms with Gasteiger partial charge in [-0.25, -0.2) is 8.78 Å². The molecule has 1 radical (unpaired) electrons. The minimum absolute atomic E-state index is 0.241. The van der Waals surface area contributed by atoms with Crippen LogP contribution in [0.3, 0.4) is 0 Å². The molecule has 0 aromatic heterocycles. The molecular weight excluding hydrogens is 122 g/mol. The highest BCUT2D eigenvalue weighted by molar-refractivity contribution is 4.98. The van der Waals surface area contributed by atoms with Gasteiger partial charge in [0.15, 0.2) is 0 Å². The van der Waals surface area contributed by atoms with Gasteiger partial charge in [-0.15, -0.1) is 0 Å². The van der Waals surface area contributed by atoms with Gasteiger partial charge >= 0.3 is 0 Å². The van der Waals surface area contributed by atoms with E-state index in [0.29, 0.717) is 5.92 Å². The van der Waals surface area contributed by atoms with Gasteiger partial charge in [0.05, 0.1) is 0 Å². The Hall–Kier alpha value is -0.140. The zero-order valence-corrected chi connectivity index (χ0v) is 5.53. The van der Waals surface area contributed by atoms with E-state index in [-0.39, 0.29) is 5.92 Å². The number of hydrogen-bond acceptors (Lipinski definition) is 0. The molecule has 0 heterocycles. The highest BCUT2D eigenvalue weighted by Crippen LogP contribution is 2.37. The monoisotopic (exact) mass is 133 g/mol. The fraction of sp³-hybridized carbons (Fsp3) is 0.857. The van der Waals surface area contributed by atoms with Crippen LogP contribution in [-0.4, -0.2) is 6.43 Å². The summed E-state index contributed by atoms with van der Waals surface area (Å²) in [6.45, 7) is 1.56. The van der Waals surface area contributed by atoms with Crippen LogP contribution in [0.2, 0.25) is 0 Å². The fourth-order valence-corrected chi connectivity index (χ4v) is 1.04. The molecule has 0 nitrogen and oxygen atoms in total. The van der Waals surface area contributed by atoms with Crippen LogP contribution in [0, 0.1) is 11.8 Å². The number of alkyl halides is 2. The molecule has 0 aliphatic heterocycles. The van der Waals surface area contributed by atoms with Gasteiger partial charge in [0, 0.05) is 5.92 Å². The zero-order chi connectivity index (χ0) is 6.85. The Bertz CT molecular complexity index is 86.9. The van der Waals surface area contributed by atoms with Crippen LogP contribution in [0.15, 0.2) is 0 Å². The largest absolute Gasteiger partial charge is 0.244 e. The minimum Gasteiger partial charge on any atom is -0.210 e. The van der Waals surface area contributed by atoms with Crippen LogP contribution in [0.4, 0.5) is 8.78 Å². The quantitative estimate of drug-likeness (QED) is 0.543. The van der Waals surface area contributed by atoms with E-state index in [2.05, 4.69) is 0 Å². The molecule has 1 saturated carbocycles. The molecule has 0 bridgehead atoms. The van der Waals surface area contributed by atoms with Gasteiger partial charge in [-0.1, -0.05) is 13.3 Å². The van der Waals surface area contributed by atoms with E-state index < -0.39 is 6.43 Å². The predicted octanol–water partition coefficient (Wildman–Crippen LogP) is 2.65. The van der Waals surface area contributed by atoms with Crippen molar-refractivity contribution in [2.75, 3.05) is 0 Å². The maximum absolute atomic E-state index is 11.9. The lowest BCUT2D eigenvalue weighted by Gasteiger charge is -2.30. The van der Waals surface area contributed by atoms with Crippen molar-refractivity contribution in [2.24, 2.45) is 5.92 Å². The summed E-state index contributed by atoms with van der Waals surface area (Å²) < 4.78 is 23.7. The van der Waals surface area contributed by atoms with Gasteiger partial charge in [-0.05, 0) is 18.8 Å². The maximum Gasteiger partial charge on any atom is 0.244 e. The summed E-state index contributed by atoms with van der Waals surface area (Å²) in [7, 11) is 0. The van der Waals surface area contributed by atoms with Crippen LogP contribution in [0.1, 0.15) is 26.2 Å². The van der Waals surface area contributed by atoms with Gasteiger partial charge in [0.1, 0.15) is 0 Å². The maximum atomic E-state index is 11.9. The average Bonchev–Trinajstić information content (AvgIpc) is 1.60. The molecule has 2 heteroatoms. The third-order valence-corrected chi connectivity index (χ3v) is 2.09. The lowest BCUT2D eigenvalue weighted by atomic mass is 9.77. The van der Waals surface area contributed by atoms with E-state index in [9.17, 15) is 8.78 Å². The molecule has 1 aliphatic rings. The van der Waals surface area contributed by atoms with Gasteiger partial charge in [0.25, 0.3) is 0 Å². The molecule has 53 valence electrons. The molecule has 0 unspecified atom stereocenters. The Morgan fingerprint density at radius 1 is 1.44 bits per heavy atom. The number of halogens is 2. The first-order chi connectivity index (χ1) is 4.22. The Morgan fingerprint density at radius 2 is 2.00 bits per heavy atom. The van der Waals surface area contributed by atoms with E-state index in [0.717, 1.165) is 19.3 Å². The van der Waals surface area contributed by atoms with Crippen LogP contribution in [-0.2, 0) is 0 Å². The second kappa shape index (κ2) is 2.63. The molecule has 0 N–H and O–H groups in total. The molecule has 0 atom stereocenters. The molecule has 0 amide bonds. The number of rotatable bonds is 2. The Morgan fingerprint density at radius 3 is 2.11 bits per heavy atom. The summed E-state index contributed by atoms with van der Waals surface area (Å²) in [5.41, 5.74) is 0. The Kier molecular flexibility index (Phi) is 2.04. The topological polar surface area (TPSA) is 0 Å². The molecule has 1 fully saturated rings. The third kappa shape index (κ3) is 1.41. The lowest BCUT2D eigenvalue weighted by molar-refractivity contribution is 0.122. The molecule has 9 heavy (non-hydrogen) atoms. The summed E-state index contributed by atoms with van der Waals surface area (Å²) in [6, 6.07) is 0. The first kappa shape index (κ1) is 6.97. The van der Waals surface area contributed by atoms with Gasteiger partial charge in [-0.2, -0.15) is 0 Å². The van der Waals surface area contributed by atoms with Gasteiger partial charge in [0.2, 0.25) is 6.43 Å². The smallest absolute Gasteiger partial charge is 0.210 e. The second-order valence-corrected chi connectivity index (χ2v) is 2.67. The zero-order valence-electron chi connectivity index (χ0n) is 5.53. The third-order valence-electron chi connectivity index (χ3n) is 2.09. The van der Waals surface area contributed by atoms with E-state index in [1.807, 2.05) is 0 Å². The van der Waals surface area contributed by atoms with Crippen molar-refractivity contribution in [2.45, 2.75) is 32.6 Å². The van der Waals surface area contributed by atoms with Crippen LogP contribution >= 0.6 is 0 Å². The Balaban J connectivity index is 2.23. The second-order valence-electron chi connectivity index (χ2n) is 2.67. The molecule has 0 aromatic rings. The first-order valence-electron chi connectivity index (χ1n) is 3.33. The highest BCUT2D eigenvalue weighted by Gasteiger charge is 2.30. The minimum atomic E-state index is -2.18. The number of hydrogen-bond donors (Lipinski definition) is 0. The molecule has 0 aromatic carbocycles. The van der Waals surface area contributed by atoms with Crippen molar-refractivity contribution in [3.05, 3.63) is 5.92 Å². The molecule has 0 saturated heterocycles. The van der Waals surface area contributed by atoms with Crippen LogP contribution < -0.4 is 0 Å². The van der Waals surface area contributed by atoms with Gasteiger partial charge in [-0.3, -0.25) is 0 Å². The van der Waals surface area contributed by atoms with E-state index >= 15 is 0 Å². The van der Waals surface area contributed by atoms with Gasteiger partial charge < -0.3 is 0 Å². The average molecular weight is 133 g/mol. The van der Waals surface area contributed by atoms with Crippen molar-refractivity contribution < 1.29 is 8.78 Å². The van der Waals surface area contributed by atoms with E-state index in [4.69, 9.17) is 0 Å². The molecular formula is C7H11F2. The molecule has 1 aliphatic carbocycles. The lowest BCUT2D eigenvalue weighted by Crippen LogP contribution is -2.22. The standard InChI is InChI=1S/C7H11F2/c1-5(7(8)9)6-3-2-4-6/h6-7H,2-4H2,1H3. The van der Waals surface area contributed by atoms with Crippen LogP contribution in [0.25, 0.3) is 0 Å². The van der Waals surface area contributed by atoms with Crippen molar-refractivity contribution in [1.82, 2.24) is 0 Å².